The Bertz CT molecular complexity index is 330. The molecule has 12 heavy (non-hydrogen) atoms. The van der Waals surface area contributed by atoms with E-state index in [-0.39, 0.29) is 3.42 Å². The van der Waals surface area contributed by atoms with Crippen molar-refractivity contribution in [2.45, 2.75) is 24.2 Å². The van der Waals surface area contributed by atoms with Crippen molar-refractivity contribution in [2.75, 3.05) is 0 Å². The van der Waals surface area contributed by atoms with E-state index in [4.69, 9.17) is 9.78 Å². The van der Waals surface area contributed by atoms with Crippen molar-refractivity contribution in [3.8, 4) is 6.07 Å². The summed E-state index contributed by atoms with van der Waals surface area (Å²) in [6, 6.07) is 2.09. The minimum absolute atomic E-state index is 0.152. The second-order valence-electron chi connectivity index (χ2n) is 3.05. The fourth-order valence-corrected chi connectivity index (χ4v) is 1.28. The van der Waals surface area contributed by atoms with E-state index in [1.807, 2.05) is 13.8 Å². The number of nitrogens with zero attached hydrogens (tertiary/aromatic N) is 2. The smallest absolute Gasteiger partial charge is 0.151 e. The van der Waals surface area contributed by atoms with Crippen molar-refractivity contribution in [3.63, 3.8) is 0 Å². The molecule has 0 radical (unpaired) electrons. The molecule has 0 unspecified atom stereocenters. The van der Waals surface area contributed by atoms with Crippen molar-refractivity contribution >= 4 is 22.6 Å². The van der Waals surface area contributed by atoms with Gasteiger partial charge in [-0.05, 0) is 20.8 Å². The van der Waals surface area contributed by atoms with Crippen molar-refractivity contribution in [1.29, 1.82) is 5.26 Å². The normalized spacial score (nSPS) is 11.2. The molecule has 1 rings (SSSR count). The Morgan fingerprint density at radius 3 is 2.50 bits per heavy atom. The van der Waals surface area contributed by atoms with Gasteiger partial charge in [-0.3, -0.25) is 0 Å². The third kappa shape index (κ3) is 1.61. The Hall–Kier alpha value is -0.570. The molecular weight excluding hydrogens is 267 g/mol. The van der Waals surface area contributed by atoms with E-state index in [9.17, 15) is 0 Å². The molecule has 3 nitrogen and oxygen atoms in total. The molecule has 0 aliphatic heterocycles. The first-order chi connectivity index (χ1) is 5.46. The Labute approximate surface area is 84.9 Å². The molecule has 0 aromatic carbocycles. The zero-order valence-electron chi connectivity index (χ0n) is 7.18. The van der Waals surface area contributed by atoms with E-state index in [2.05, 4.69) is 33.8 Å². The lowest BCUT2D eigenvalue weighted by molar-refractivity contribution is 0.386. The lowest BCUT2D eigenvalue weighted by atomic mass is 10.1. The SMILES string of the molecule is Cc1onc(C(C)(C)I)c1C#N. The second kappa shape index (κ2) is 3.05. The number of rotatable bonds is 1. The van der Waals surface area contributed by atoms with E-state index in [1.54, 1.807) is 6.92 Å². The highest BCUT2D eigenvalue weighted by molar-refractivity contribution is 14.1. The monoisotopic (exact) mass is 276 g/mol. The van der Waals surface area contributed by atoms with Gasteiger partial charge < -0.3 is 4.52 Å². The van der Waals surface area contributed by atoms with Gasteiger partial charge in [-0.2, -0.15) is 5.26 Å². The maximum absolute atomic E-state index is 8.80. The molecule has 0 aliphatic carbocycles. The fourth-order valence-electron chi connectivity index (χ4n) is 0.910. The van der Waals surface area contributed by atoms with Gasteiger partial charge in [0.05, 0.1) is 3.42 Å². The van der Waals surface area contributed by atoms with Crippen molar-refractivity contribution in [3.05, 3.63) is 17.0 Å². The van der Waals surface area contributed by atoms with Crippen LogP contribution in [0.4, 0.5) is 0 Å². The van der Waals surface area contributed by atoms with Gasteiger partial charge in [0.25, 0.3) is 0 Å². The van der Waals surface area contributed by atoms with Crippen molar-refractivity contribution in [1.82, 2.24) is 5.16 Å². The minimum atomic E-state index is -0.152. The lowest BCUT2D eigenvalue weighted by Gasteiger charge is -2.11. The summed E-state index contributed by atoms with van der Waals surface area (Å²) >= 11 is 2.23. The van der Waals surface area contributed by atoms with Crippen LogP contribution in [0, 0.1) is 18.3 Å². The summed E-state index contributed by atoms with van der Waals surface area (Å²) in [5.41, 5.74) is 1.29. The molecular formula is C8H9IN2O. The van der Waals surface area contributed by atoms with Crippen LogP contribution in [0.5, 0.6) is 0 Å². The lowest BCUT2D eigenvalue weighted by Crippen LogP contribution is -2.08. The first kappa shape index (κ1) is 9.52. The van der Waals surface area contributed by atoms with Crippen LogP contribution in [0.1, 0.15) is 30.9 Å². The highest BCUT2D eigenvalue weighted by atomic mass is 127. The third-order valence-electron chi connectivity index (χ3n) is 1.54. The van der Waals surface area contributed by atoms with Crippen LogP contribution in [0.2, 0.25) is 0 Å². The molecule has 0 bridgehead atoms. The summed E-state index contributed by atoms with van der Waals surface area (Å²) in [7, 11) is 0. The molecule has 1 aromatic rings. The number of alkyl halides is 1. The molecule has 0 spiro atoms. The number of aromatic nitrogens is 1. The molecule has 64 valence electrons. The molecule has 0 aliphatic rings. The summed E-state index contributed by atoms with van der Waals surface area (Å²) in [6.07, 6.45) is 0. The number of hydrogen-bond donors (Lipinski definition) is 0. The number of hydrogen-bond acceptors (Lipinski definition) is 3. The van der Waals surface area contributed by atoms with E-state index < -0.39 is 0 Å². The highest BCUT2D eigenvalue weighted by Crippen LogP contribution is 2.32. The van der Waals surface area contributed by atoms with Gasteiger partial charge in [-0.25, -0.2) is 0 Å². The number of aryl methyl sites for hydroxylation is 1. The van der Waals surface area contributed by atoms with Crippen LogP contribution in [0.15, 0.2) is 4.52 Å². The average molecular weight is 276 g/mol. The maximum Gasteiger partial charge on any atom is 0.151 e. The molecule has 4 heteroatoms. The molecule has 0 saturated heterocycles. The predicted octanol–water partition coefficient (Wildman–Crippen LogP) is 2.52. The first-order valence-corrected chi connectivity index (χ1v) is 4.60. The van der Waals surface area contributed by atoms with Crippen molar-refractivity contribution < 1.29 is 4.52 Å². The number of nitriles is 1. The Morgan fingerprint density at radius 1 is 1.58 bits per heavy atom. The van der Waals surface area contributed by atoms with Gasteiger partial charge in [-0.1, -0.05) is 27.7 Å². The third-order valence-corrected chi connectivity index (χ3v) is 2.05. The second-order valence-corrected chi connectivity index (χ2v) is 5.74. The summed E-state index contributed by atoms with van der Waals surface area (Å²) in [6.45, 7) is 5.73. The molecule has 0 atom stereocenters. The van der Waals surface area contributed by atoms with Gasteiger partial charge in [0.15, 0.2) is 5.76 Å². The van der Waals surface area contributed by atoms with Crippen LogP contribution in [0.25, 0.3) is 0 Å². The molecule has 0 saturated carbocycles. The van der Waals surface area contributed by atoms with E-state index in [0.717, 1.165) is 5.69 Å². The maximum atomic E-state index is 8.80. The Kier molecular flexibility index (Phi) is 2.42. The highest BCUT2D eigenvalue weighted by Gasteiger charge is 2.26. The quantitative estimate of drug-likeness (QED) is 0.585. The molecule has 1 aromatic heterocycles. The van der Waals surface area contributed by atoms with Gasteiger partial charge in [-0.15, -0.1) is 0 Å². The first-order valence-electron chi connectivity index (χ1n) is 3.52. The molecule has 1 heterocycles. The number of halogens is 1. The predicted molar refractivity (Wildman–Crippen MR) is 53.0 cm³/mol. The van der Waals surface area contributed by atoms with Gasteiger partial charge in [0.2, 0.25) is 0 Å². The van der Waals surface area contributed by atoms with Crippen molar-refractivity contribution in [2.24, 2.45) is 0 Å². The average Bonchev–Trinajstić information content (AvgIpc) is 2.29. The zero-order chi connectivity index (χ0) is 9.35. The molecule has 0 amide bonds. The summed E-state index contributed by atoms with van der Waals surface area (Å²) in [4.78, 5) is 0. The largest absolute Gasteiger partial charge is 0.360 e. The van der Waals surface area contributed by atoms with Gasteiger partial charge >= 0.3 is 0 Å². The summed E-state index contributed by atoms with van der Waals surface area (Å²) in [5, 5.41) is 12.7. The Morgan fingerprint density at radius 2 is 2.17 bits per heavy atom. The van der Waals surface area contributed by atoms with Crippen LogP contribution in [0.3, 0.4) is 0 Å². The summed E-state index contributed by atoms with van der Waals surface area (Å²) in [5.74, 6) is 0.595. The molecule has 0 N–H and O–H groups in total. The Balaban J connectivity index is 3.28. The zero-order valence-corrected chi connectivity index (χ0v) is 9.34. The van der Waals surface area contributed by atoms with Gasteiger partial charge in [0.1, 0.15) is 17.3 Å². The van der Waals surface area contributed by atoms with E-state index >= 15 is 0 Å². The van der Waals surface area contributed by atoms with Crippen LogP contribution in [-0.2, 0) is 3.42 Å². The summed E-state index contributed by atoms with van der Waals surface area (Å²) < 4.78 is 4.78. The van der Waals surface area contributed by atoms with Crippen LogP contribution in [-0.4, -0.2) is 5.16 Å². The fraction of sp³-hybridized carbons (Fsp3) is 0.500. The van der Waals surface area contributed by atoms with Crippen LogP contribution < -0.4 is 0 Å². The topological polar surface area (TPSA) is 49.8 Å². The van der Waals surface area contributed by atoms with Crippen LogP contribution >= 0.6 is 22.6 Å². The van der Waals surface area contributed by atoms with Gasteiger partial charge in [0, 0.05) is 0 Å². The van der Waals surface area contributed by atoms with E-state index in [0.29, 0.717) is 11.3 Å². The molecule has 0 fully saturated rings. The standard InChI is InChI=1S/C8H9IN2O/c1-5-6(4-10)7(11-12-5)8(2,3)9/h1-3H3. The van der Waals surface area contributed by atoms with E-state index in [1.165, 1.54) is 0 Å². The minimum Gasteiger partial charge on any atom is -0.360 e.